The van der Waals surface area contributed by atoms with Gasteiger partial charge in [0.05, 0.1) is 5.75 Å². The Hall–Kier alpha value is -1.12. The number of nitrogens with zero attached hydrogens (tertiary/aromatic N) is 4. The van der Waals surface area contributed by atoms with Crippen LogP contribution >= 0.6 is 11.8 Å². The molecule has 0 amide bonds. The number of hydrogen-bond donors (Lipinski definition) is 2. The molecule has 21 heavy (non-hydrogen) atoms. The van der Waals surface area contributed by atoms with Crippen molar-refractivity contribution in [1.82, 2.24) is 19.7 Å². The van der Waals surface area contributed by atoms with Crippen molar-refractivity contribution in [2.75, 3.05) is 18.8 Å². The van der Waals surface area contributed by atoms with E-state index in [0.717, 1.165) is 19.4 Å². The molecular formula is C13H20N4O3S. The maximum Gasteiger partial charge on any atom is 0.313 e. The van der Waals surface area contributed by atoms with Crippen molar-refractivity contribution in [1.29, 1.82) is 0 Å². The van der Waals surface area contributed by atoms with Crippen molar-refractivity contribution >= 4 is 17.7 Å². The second-order valence-electron chi connectivity index (χ2n) is 5.62. The van der Waals surface area contributed by atoms with Crippen LogP contribution in [0.3, 0.4) is 0 Å². The van der Waals surface area contributed by atoms with E-state index in [1.54, 1.807) is 0 Å². The summed E-state index contributed by atoms with van der Waals surface area (Å²) in [6.45, 7) is 2.08. The molecule has 0 spiro atoms. The number of aliphatic hydroxyl groups excluding tert-OH is 1. The molecule has 2 unspecified atom stereocenters. The summed E-state index contributed by atoms with van der Waals surface area (Å²) in [4.78, 5) is 13.3. The summed E-state index contributed by atoms with van der Waals surface area (Å²) in [5.74, 6) is -0.365. The summed E-state index contributed by atoms with van der Waals surface area (Å²) in [5.41, 5.74) is 0. The van der Waals surface area contributed by atoms with Crippen LogP contribution in [0.15, 0.2) is 5.16 Å². The van der Waals surface area contributed by atoms with Gasteiger partial charge in [-0.25, -0.2) is 0 Å². The molecule has 2 saturated heterocycles. The highest BCUT2D eigenvalue weighted by Crippen LogP contribution is 2.35. The fourth-order valence-electron chi connectivity index (χ4n) is 3.44. The van der Waals surface area contributed by atoms with Gasteiger partial charge in [-0.1, -0.05) is 11.8 Å². The van der Waals surface area contributed by atoms with Crippen LogP contribution in [-0.4, -0.2) is 60.7 Å². The van der Waals surface area contributed by atoms with E-state index in [1.807, 2.05) is 4.57 Å². The Kier molecular flexibility index (Phi) is 4.46. The maximum absolute atomic E-state index is 10.8. The number of hydrogen-bond acceptors (Lipinski definition) is 6. The van der Waals surface area contributed by atoms with Crippen LogP contribution in [0.1, 0.15) is 37.5 Å². The van der Waals surface area contributed by atoms with Crippen LogP contribution in [-0.2, 0) is 11.4 Å². The van der Waals surface area contributed by atoms with E-state index in [0.29, 0.717) is 17.0 Å². The Morgan fingerprint density at radius 1 is 1.29 bits per heavy atom. The van der Waals surface area contributed by atoms with Gasteiger partial charge in [0, 0.05) is 18.6 Å². The molecule has 0 aromatic carbocycles. The number of aliphatic hydroxyl groups is 1. The molecule has 3 heterocycles. The second kappa shape index (κ2) is 6.33. The van der Waals surface area contributed by atoms with Crippen LogP contribution in [0.4, 0.5) is 0 Å². The lowest BCUT2D eigenvalue weighted by Gasteiger charge is -2.36. The first-order valence-corrected chi connectivity index (χ1v) is 8.31. The molecule has 2 atom stereocenters. The normalized spacial score (nSPS) is 26.0. The number of carboxylic acids is 1. The summed E-state index contributed by atoms with van der Waals surface area (Å²) in [6.07, 6.45) is 4.52. The van der Waals surface area contributed by atoms with Crippen molar-refractivity contribution in [2.45, 2.75) is 49.5 Å². The van der Waals surface area contributed by atoms with Gasteiger partial charge in [-0.2, -0.15) is 0 Å². The fraction of sp³-hybridized carbons (Fsp3) is 0.769. The first-order chi connectivity index (χ1) is 10.2. The van der Waals surface area contributed by atoms with E-state index in [-0.39, 0.29) is 18.4 Å². The van der Waals surface area contributed by atoms with Gasteiger partial charge in [0.1, 0.15) is 6.61 Å². The molecule has 0 aliphatic carbocycles. The molecule has 1 aromatic heterocycles. The molecule has 2 aliphatic rings. The molecular weight excluding hydrogens is 292 g/mol. The average molecular weight is 312 g/mol. The van der Waals surface area contributed by atoms with Crippen LogP contribution < -0.4 is 0 Å². The Labute approximate surface area is 127 Å². The summed E-state index contributed by atoms with van der Waals surface area (Å²) in [7, 11) is 0. The molecule has 0 radical (unpaired) electrons. The highest BCUT2D eigenvalue weighted by molar-refractivity contribution is 7.99. The Bertz CT molecular complexity index is 522. The molecule has 116 valence electrons. The Balaban J connectivity index is 1.79. The quantitative estimate of drug-likeness (QED) is 0.775. The third-order valence-corrected chi connectivity index (χ3v) is 5.29. The fourth-order valence-corrected chi connectivity index (χ4v) is 4.19. The van der Waals surface area contributed by atoms with Crippen molar-refractivity contribution in [3.8, 4) is 0 Å². The predicted molar refractivity (Wildman–Crippen MR) is 77.2 cm³/mol. The van der Waals surface area contributed by atoms with E-state index in [9.17, 15) is 9.90 Å². The molecule has 8 heteroatoms. The summed E-state index contributed by atoms with van der Waals surface area (Å²) in [6, 6.07) is 0.868. The average Bonchev–Trinajstić information content (AvgIpc) is 3.10. The third-order valence-electron chi connectivity index (χ3n) is 4.36. The zero-order valence-electron chi connectivity index (χ0n) is 11.8. The number of fused-ring (bicyclic) bond motifs is 1. The molecule has 3 rings (SSSR count). The zero-order chi connectivity index (χ0) is 14.8. The van der Waals surface area contributed by atoms with Gasteiger partial charge in [-0.05, 0) is 32.2 Å². The first-order valence-electron chi connectivity index (χ1n) is 7.32. The summed E-state index contributed by atoms with van der Waals surface area (Å²) >= 11 is 1.18. The molecule has 0 saturated carbocycles. The lowest BCUT2D eigenvalue weighted by molar-refractivity contribution is -0.133. The van der Waals surface area contributed by atoms with E-state index in [2.05, 4.69) is 15.1 Å². The highest BCUT2D eigenvalue weighted by atomic mass is 32.2. The first kappa shape index (κ1) is 14.8. The number of carbonyl (C=O) groups is 1. The summed E-state index contributed by atoms with van der Waals surface area (Å²) in [5, 5.41) is 27.0. The number of rotatable bonds is 5. The van der Waals surface area contributed by atoms with Crippen LogP contribution in [0.25, 0.3) is 0 Å². The number of thioether (sulfide) groups is 1. The van der Waals surface area contributed by atoms with Crippen molar-refractivity contribution in [3.63, 3.8) is 0 Å². The minimum absolute atomic E-state index is 0.0359. The van der Waals surface area contributed by atoms with Crippen LogP contribution in [0, 0.1) is 0 Å². The Morgan fingerprint density at radius 2 is 2.14 bits per heavy atom. The minimum Gasteiger partial charge on any atom is -0.481 e. The van der Waals surface area contributed by atoms with Gasteiger partial charge in [0.15, 0.2) is 11.0 Å². The van der Waals surface area contributed by atoms with Crippen molar-refractivity contribution in [3.05, 3.63) is 5.82 Å². The third kappa shape index (κ3) is 3.07. The number of aromatic nitrogens is 3. The Morgan fingerprint density at radius 3 is 2.90 bits per heavy atom. The SMILES string of the molecule is O=C(O)CSc1nnc(CO)n1C1CCN2CCCC2C1. The molecule has 2 N–H and O–H groups in total. The lowest BCUT2D eigenvalue weighted by Crippen LogP contribution is -2.39. The standard InChI is InChI=1S/C13H20N4O3S/c18-7-11-14-15-13(21-8-12(19)20)17(11)10-3-5-16-4-1-2-9(16)6-10/h9-10,18H,1-8H2,(H,19,20). The molecule has 7 nitrogen and oxygen atoms in total. The van der Waals surface area contributed by atoms with Crippen molar-refractivity contribution < 1.29 is 15.0 Å². The van der Waals surface area contributed by atoms with Crippen molar-refractivity contribution in [2.24, 2.45) is 0 Å². The maximum atomic E-state index is 10.8. The highest BCUT2D eigenvalue weighted by Gasteiger charge is 2.34. The number of aliphatic carboxylic acids is 1. The van der Waals surface area contributed by atoms with E-state index < -0.39 is 5.97 Å². The largest absolute Gasteiger partial charge is 0.481 e. The zero-order valence-corrected chi connectivity index (χ0v) is 12.6. The molecule has 1 aromatic rings. The van der Waals surface area contributed by atoms with Gasteiger partial charge in [-0.3, -0.25) is 4.79 Å². The van der Waals surface area contributed by atoms with Gasteiger partial charge < -0.3 is 19.7 Å². The van der Waals surface area contributed by atoms with Gasteiger partial charge in [-0.15, -0.1) is 10.2 Å². The van der Waals surface area contributed by atoms with Crippen LogP contribution in [0.2, 0.25) is 0 Å². The second-order valence-corrected chi connectivity index (χ2v) is 6.56. The molecule has 2 aliphatic heterocycles. The van der Waals surface area contributed by atoms with E-state index in [4.69, 9.17) is 5.11 Å². The van der Waals surface area contributed by atoms with Gasteiger partial charge >= 0.3 is 5.97 Å². The van der Waals surface area contributed by atoms with E-state index in [1.165, 1.54) is 31.1 Å². The summed E-state index contributed by atoms with van der Waals surface area (Å²) < 4.78 is 1.96. The number of carboxylic acid groups (broad SMARTS) is 1. The van der Waals surface area contributed by atoms with Gasteiger partial charge in [0.2, 0.25) is 0 Å². The number of piperidine rings is 1. The predicted octanol–water partition coefficient (Wildman–Crippen LogP) is 0.746. The minimum atomic E-state index is -0.870. The topological polar surface area (TPSA) is 91.5 Å². The smallest absolute Gasteiger partial charge is 0.313 e. The van der Waals surface area contributed by atoms with Crippen LogP contribution in [0.5, 0.6) is 0 Å². The lowest BCUT2D eigenvalue weighted by atomic mass is 9.97. The van der Waals surface area contributed by atoms with E-state index >= 15 is 0 Å². The monoisotopic (exact) mass is 312 g/mol. The van der Waals surface area contributed by atoms with Gasteiger partial charge in [0.25, 0.3) is 0 Å². The molecule has 0 bridgehead atoms. The molecule has 2 fully saturated rings.